The van der Waals surface area contributed by atoms with E-state index in [9.17, 15) is 4.79 Å². The average molecular weight is 292 g/mol. The first kappa shape index (κ1) is 12.5. The van der Waals surface area contributed by atoms with Gasteiger partial charge in [0.1, 0.15) is 5.75 Å². The molecule has 0 saturated heterocycles. The standard InChI is InChI=1S/C11H12BrClO2/c1-2-5-10(11(13)14)15-9-7-4-3-6-8(9)12/h3-4,6-7,10H,2,5H2,1H3. The molecular formula is C11H12BrClO2. The van der Waals surface area contributed by atoms with Crippen molar-refractivity contribution in [2.45, 2.75) is 25.9 Å². The van der Waals surface area contributed by atoms with E-state index in [-0.39, 0.29) is 0 Å². The maximum absolute atomic E-state index is 11.1. The zero-order chi connectivity index (χ0) is 11.3. The summed E-state index contributed by atoms with van der Waals surface area (Å²) in [7, 11) is 0. The Kier molecular flexibility index (Phi) is 5.12. The summed E-state index contributed by atoms with van der Waals surface area (Å²) < 4.78 is 6.34. The SMILES string of the molecule is CCCC(Oc1ccccc1Br)C(=O)Cl. The minimum absolute atomic E-state index is 0.451. The monoisotopic (exact) mass is 290 g/mol. The lowest BCUT2D eigenvalue weighted by Gasteiger charge is -2.15. The van der Waals surface area contributed by atoms with E-state index in [0.717, 1.165) is 10.9 Å². The second-order valence-electron chi connectivity index (χ2n) is 3.13. The van der Waals surface area contributed by atoms with Crippen LogP contribution in [-0.4, -0.2) is 11.3 Å². The molecule has 0 radical (unpaired) electrons. The molecule has 0 aliphatic carbocycles. The molecule has 0 N–H and O–H groups in total. The summed E-state index contributed by atoms with van der Waals surface area (Å²) in [6.45, 7) is 1.98. The van der Waals surface area contributed by atoms with Crippen LogP contribution in [0.25, 0.3) is 0 Å². The Morgan fingerprint density at radius 1 is 1.53 bits per heavy atom. The topological polar surface area (TPSA) is 26.3 Å². The lowest BCUT2D eigenvalue weighted by atomic mass is 10.2. The van der Waals surface area contributed by atoms with Gasteiger partial charge in [-0.15, -0.1) is 0 Å². The van der Waals surface area contributed by atoms with Gasteiger partial charge in [-0.2, -0.15) is 0 Å². The molecule has 1 aromatic carbocycles. The summed E-state index contributed by atoms with van der Waals surface area (Å²) in [4.78, 5) is 11.1. The largest absolute Gasteiger partial charge is 0.480 e. The molecule has 82 valence electrons. The first-order chi connectivity index (χ1) is 7.15. The molecule has 2 nitrogen and oxygen atoms in total. The Labute approximate surface area is 103 Å². The van der Waals surface area contributed by atoms with Crippen LogP contribution in [0, 0.1) is 0 Å². The van der Waals surface area contributed by atoms with Crippen molar-refractivity contribution in [3.05, 3.63) is 28.7 Å². The van der Waals surface area contributed by atoms with E-state index in [0.29, 0.717) is 12.2 Å². The van der Waals surface area contributed by atoms with Gasteiger partial charge in [-0.3, -0.25) is 4.79 Å². The summed E-state index contributed by atoms with van der Waals surface area (Å²) in [5.41, 5.74) is 0. The lowest BCUT2D eigenvalue weighted by molar-refractivity contribution is -0.118. The molecule has 0 amide bonds. The Morgan fingerprint density at radius 3 is 2.73 bits per heavy atom. The number of hydrogen-bond donors (Lipinski definition) is 0. The second kappa shape index (κ2) is 6.13. The molecular weight excluding hydrogens is 279 g/mol. The van der Waals surface area contributed by atoms with Gasteiger partial charge in [0, 0.05) is 0 Å². The maximum atomic E-state index is 11.1. The minimum Gasteiger partial charge on any atom is -0.480 e. The molecule has 4 heteroatoms. The van der Waals surface area contributed by atoms with Gasteiger partial charge in [0.05, 0.1) is 4.47 Å². The molecule has 0 spiro atoms. The molecule has 0 aliphatic heterocycles. The third-order valence-corrected chi connectivity index (χ3v) is 2.81. The molecule has 1 atom stereocenters. The number of halogens is 2. The van der Waals surface area contributed by atoms with Gasteiger partial charge >= 0.3 is 0 Å². The van der Waals surface area contributed by atoms with Crippen molar-refractivity contribution in [3.63, 3.8) is 0 Å². The summed E-state index contributed by atoms with van der Waals surface area (Å²) in [6, 6.07) is 7.39. The van der Waals surface area contributed by atoms with E-state index in [1.807, 2.05) is 25.1 Å². The number of hydrogen-bond acceptors (Lipinski definition) is 2. The van der Waals surface area contributed by atoms with Crippen molar-refractivity contribution in [1.29, 1.82) is 0 Å². The average Bonchev–Trinajstić information content (AvgIpc) is 2.20. The Bertz CT molecular complexity index is 341. The molecule has 0 aromatic heterocycles. The number of rotatable bonds is 5. The fourth-order valence-electron chi connectivity index (χ4n) is 1.17. The van der Waals surface area contributed by atoms with E-state index in [1.165, 1.54) is 0 Å². The van der Waals surface area contributed by atoms with Crippen molar-refractivity contribution >= 4 is 32.8 Å². The summed E-state index contributed by atoms with van der Waals surface area (Å²) in [5.74, 6) is 0.643. The van der Waals surface area contributed by atoms with Crippen LogP contribution in [0.1, 0.15) is 19.8 Å². The lowest BCUT2D eigenvalue weighted by Crippen LogP contribution is -2.23. The quantitative estimate of drug-likeness (QED) is 0.772. The molecule has 1 unspecified atom stereocenters. The first-order valence-electron chi connectivity index (χ1n) is 4.75. The number of ether oxygens (including phenoxy) is 1. The fraction of sp³-hybridized carbons (Fsp3) is 0.364. The van der Waals surface area contributed by atoms with Crippen LogP contribution >= 0.6 is 27.5 Å². The van der Waals surface area contributed by atoms with Crippen LogP contribution in [0.15, 0.2) is 28.7 Å². The van der Waals surface area contributed by atoms with Gasteiger partial charge in [-0.25, -0.2) is 0 Å². The fourth-order valence-corrected chi connectivity index (χ4v) is 1.71. The number of carbonyl (C=O) groups is 1. The highest BCUT2D eigenvalue weighted by Gasteiger charge is 2.17. The molecule has 1 aromatic rings. The van der Waals surface area contributed by atoms with E-state index in [4.69, 9.17) is 16.3 Å². The normalized spacial score (nSPS) is 12.2. The summed E-state index contributed by atoms with van der Waals surface area (Å²) in [6.07, 6.45) is 0.924. The van der Waals surface area contributed by atoms with Crippen LogP contribution in [0.2, 0.25) is 0 Å². The maximum Gasteiger partial charge on any atom is 0.262 e. The zero-order valence-electron chi connectivity index (χ0n) is 8.37. The van der Waals surface area contributed by atoms with Crippen molar-refractivity contribution in [1.82, 2.24) is 0 Å². The van der Waals surface area contributed by atoms with Crippen LogP contribution in [-0.2, 0) is 4.79 Å². The van der Waals surface area contributed by atoms with Crippen molar-refractivity contribution in [2.24, 2.45) is 0 Å². The van der Waals surface area contributed by atoms with E-state index >= 15 is 0 Å². The molecule has 0 bridgehead atoms. The highest BCUT2D eigenvalue weighted by atomic mass is 79.9. The Morgan fingerprint density at radius 2 is 2.20 bits per heavy atom. The number of carbonyl (C=O) groups excluding carboxylic acids is 1. The molecule has 1 rings (SSSR count). The smallest absolute Gasteiger partial charge is 0.262 e. The highest BCUT2D eigenvalue weighted by Crippen LogP contribution is 2.26. The zero-order valence-corrected chi connectivity index (χ0v) is 10.7. The third-order valence-electron chi connectivity index (χ3n) is 1.91. The van der Waals surface area contributed by atoms with Crippen molar-refractivity contribution in [2.75, 3.05) is 0 Å². The van der Waals surface area contributed by atoms with Gasteiger partial charge in [0.2, 0.25) is 0 Å². The van der Waals surface area contributed by atoms with Crippen LogP contribution in [0.4, 0.5) is 0 Å². The predicted octanol–water partition coefficient (Wildman–Crippen LogP) is 3.76. The minimum atomic E-state index is -0.560. The summed E-state index contributed by atoms with van der Waals surface area (Å²) >= 11 is 8.79. The van der Waals surface area contributed by atoms with Crippen molar-refractivity contribution < 1.29 is 9.53 Å². The van der Waals surface area contributed by atoms with Gasteiger partial charge in [-0.1, -0.05) is 25.5 Å². The van der Waals surface area contributed by atoms with Gasteiger partial charge in [-0.05, 0) is 46.1 Å². The molecule has 0 fully saturated rings. The second-order valence-corrected chi connectivity index (χ2v) is 4.36. The van der Waals surface area contributed by atoms with Gasteiger partial charge < -0.3 is 4.74 Å². The number of benzene rings is 1. The van der Waals surface area contributed by atoms with Gasteiger partial charge in [0.15, 0.2) is 6.10 Å². The molecule has 0 aliphatic rings. The Hall–Kier alpha value is -0.540. The highest BCUT2D eigenvalue weighted by molar-refractivity contribution is 9.10. The molecule has 0 heterocycles. The van der Waals surface area contributed by atoms with Crippen LogP contribution in [0.3, 0.4) is 0 Å². The number of para-hydroxylation sites is 1. The van der Waals surface area contributed by atoms with Crippen LogP contribution in [0.5, 0.6) is 5.75 Å². The summed E-state index contributed by atoms with van der Waals surface area (Å²) in [5, 5.41) is -0.451. The first-order valence-corrected chi connectivity index (χ1v) is 5.92. The van der Waals surface area contributed by atoms with E-state index in [1.54, 1.807) is 6.07 Å². The van der Waals surface area contributed by atoms with Gasteiger partial charge in [0.25, 0.3) is 5.24 Å². The Balaban J connectivity index is 2.74. The van der Waals surface area contributed by atoms with Crippen LogP contribution < -0.4 is 4.74 Å². The van der Waals surface area contributed by atoms with E-state index in [2.05, 4.69) is 15.9 Å². The predicted molar refractivity (Wildman–Crippen MR) is 64.3 cm³/mol. The van der Waals surface area contributed by atoms with Crippen molar-refractivity contribution in [3.8, 4) is 5.75 Å². The third kappa shape index (κ3) is 3.84. The molecule has 15 heavy (non-hydrogen) atoms. The molecule has 0 saturated carbocycles. The van der Waals surface area contributed by atoms with E-state index < -0.39 is 11.3 Å².